The van der Waals surface area contributed by atoms with Crippen LogP contribution in [0.25, 0.3) is 10.9 Å². The van der Waals surface area contributed by atoms with E-state index in [-0.39, 0.29) is 0 Å². The first-order valence-electron chi connectivity index (χ1n) is 6.79. The van der Waals surface area contributed by atoms with E-state index < -0.39 is 0 Å². The van der Waals surface area contributed by atoms with Crippen molar-refractivity contribution in [2.45, 2.75) is 20.0 Å². The molecule has 0 bridgehead atoms. The highest BCUT2D eigenvalue weighted by Crippen LogP contribution is 2.18. The number of para-hydroxylation sites is 1. The number of hydrogen-bond donors (Lipinski definition) is 0. The van der Waals surface area contributed by atoms with Gasteiger partial charge in [-0.1, -0.05) is 24.3 Å². The SMILES string of the molecule is Cc1ccc(CN(C)Cc2cccc3cccnc23)o1. The Labute approximate surface area is 118 Å². The molecule has 3 heteroatoms. The maximum atomic E-state index is 5.62. The minimum absolute atomic E-state index is 0.803. The van der Waals surface area contributed by atoms with Gasteiger partial charge in [-0.2, -0.15) is 0 Å². The van der Waals surface area contributed by atoms with Crippen molar-refractivity contribution in [3.63, 3.8) is 0 Å². The van der Waals surface area contributed by atoms with Gasteiger partial charge in [0.05, 0.1) is 12.1 Å². The van der Waals surface area contributed by atoms with Gasteiger partial charge in [-0.25, -0.2) is 0 Å². The van der Waals surface area contributed by atoms with Crippen molar-refractivity contribution in [1.82, 2.24) is 9.88 Å². The molecule has 20 heavy (non-hydrogen) atoms. The number of nitrogens with zero attached hydrogens (tertiary/aromatic N) is 2. The van der Waals surface area contributed by atoms with Crippen molar-refractivity contribution >= 4 is 10.9 Å². The zero-order valence-corrected chi connectivity index (χ0v) is 11.8. The number of furan rings is 1. The van der Waals surface area contributed by atoms with Crippen LogP contribution in [0, 0.1) is 6.92 Å². The van der Waals surface area contributed by atoms with E-state index in [9.17, 15) is 0 Å². The molecule has 0 aliphatic heterocycles. The molecule has 3 rings (SSSR count). The molecule has 0 saturated heterocycles. The van der Waals surface area contributed by atoms with E-state index in [2.05, 4.69) is 41.2 Å². The number of aromatic nitrogens is 1. The third-order valence-corrected chi connectivity index (χ3v) is 3.38. The molecule has 3 nitrogen and oxygen atoms in total. The van der Waals surface area contributed by atoms with Gasteiger partial charge < -0.3 is 4.42 Å². The number of pyridine rings is 1. The lowest BCUT2D eigenvalue weighted by Crippen LogP contribution is -2.17. The van der Waals surface area contributed by atoms with Crippen LogP contribution in [0.15, 0.2) is 53.1 Å². The molecule has 0 unspecified atom stereocenters. The largest absolute Gasteiger partial charge is 0.465 e. The van der Waals surface area contributed by atoms with Crippen LogP contribution in [-0.2, 0) is 13.1 Å². The van der Waals surface area contributed by atoms with Crippen molar-refractivity contribution in [1.29, 1.82) is 0 Å². The summed E-state index contributed by atoms with van der Waals surface area (Å²) in [7, 11) is 2.10. The standard InChI is InChI=1S/C17H18N2O/c1-13-8-9-16(20-13)12-19(2)11-15-6-3-5-14-7-4-10-18-17(14)15/h3-10H,11-12H2,1-2H3. The van der Waals surface area contributed by atoms with Gasteiger partial charge in [-0.3, -0.25) is 9.88 Å². The average Bonchev–Trinajstić information content (AvgIpc) is 2.84. The topological polar surface area (TPSA) is 29.3 Å². The van der Waals surface area contributed by atoms with E-state index in [1.807, 2.05) is 31.3 Å². The summed E-state index contributed by atoms with van der Waals surface area (Å²) in [5.41, 5.74) is 2.33. The molecular formula is C17H18N2O. The molecule has 3 aromatic rings. The Morgan fingerprint density at radius 2 is 1.90 bits per heavy atom. The quantitative estimate of drug-likeness (QED) is 0.720. The molecule has 0 aliphatic carbocycles. The molecular weight excluding hydrogens is 248 g/mol. The third-order valence-electron chi connectivity index (χ3n) is 3.38. The number of rotatable bonds is 4. The molecule has 0 spiro atoms. The molecule has 2 aromatic heterocycles. The fraction of sp³-hybridized carbons (Fsp3) is 0.235. The Morgan fingerprint density at radius 3 is 2.70 bits per heavy atom. The van der Waals surface area contributed by atoms with E-state index in [0.717, 1.165) is 30.1 Å². The van der Waals surface area contributed by atoms with Crippen molar-refractivity contribution < 1.29 is 4.42 Å². The summed E-state index contributed by atoms with van der Waals surface area (Å²) >= 11 is 0. The highest BCUT2D eigenvalue weighted by molar-refractivity contribution is 5.81. The first kappa shape index (κ1) is 12.9. The van der Waals surface area contributed by atoms with Crippen LogP contribution in [0.2, 0.25) is 0 Å². The van der Waals surface area contributed by atoms with Crippen LogP contribution < -0.4 is 0 Å². The molecule has 102 valence electrons. The van der Waals surface area contributed by atoms with Gasteiger partial charge in [0.1, 0.15) is 11.5 Å². The highest BCUT2D eigenvalue weighted by atomic mass is 16.3. The van der Waals surface area contributed by atoms with Crippen molar-refractivity contribution in [3.05, 3.63) is 65.7 Å². The maximum Gasteiger partial charge on any atom is 0.118 e. The summed E-state index contributed by atoms with van der Waals surface area (Å²) in [6.07, 6.45) is 1.85. The Kier molecular flexibility index (Phi) is 3.52. The average molecular weight is 266 g/mol. The molecule has 0 radical (unpaired) electrons. The van der Waals surface area contributed by atoms with Gasteiger partial charge in [0.25, 0.3) is 0 Å². The minimum Gasteiger partial charge on any atom is -0.465 e. The lowest BCUT2D eigenvalue weighted by atomic mass is 10.1. The number of hydrogen-bond acceptors (Lipinski definition) is 3. The Morgan fingerprint density at radius 1 is 1.05 bits per heavy atom. The van der Waals surface area contributed by atoms with Crippen LogP contribution in [0.3, 0.4) is 0 Å². The fourth-order valence-corrected chi connectivity index (χ4v) is 2.48. The second kappa shape index (κ2) is 5.47. The number of fused-ring (bicyclic) bond motifs is 1. The normalized spacial score (nSPS) is 11.3. The zero-order chi connectivity index (χ0) is 13.9. The van der Waals surface area contributed by atoms with Gasteiger partial charge in [0, 0.05) is 18.1 Å². The molecule has 1 aromatic carbocycles. The lowest BCUT2D eigenvalue weighted by Gasteiger charge is -2.16. The molecule has 0 atom stereocenters. The van der Waals surface area contributed by atoms with Crippen LogP contribution in [0.1, 0.15) is 17.1 Å². The molecule has 0 aliphatic rings. The molecule has 0 N–H and O–H groups in total. The van der Waals surface area contributed by atoms with Gasteiger partial charge >= 0.3 is 0 Å². The van der Waals surface area contributed by atoms with E-state index in [1.165, 1.54) is 10.9 Å². The summed E-state index contributed by atoms with van der Waals surface area (Å²) < 4.78 is 5.62. The summed E-state index contributed by atoms with van der Waals surface area (Å²) in [6, 6.07) is 14.4. The summed E-state index contributed by atoms with van der Waals surface area (Å²) in [4.78, 5) is 6.73. The van der Waals surface area contributed by atoms with E-state index in [0.29, 0.717) is 0 Å². The summed E-state index contributed by atoms with van der Waals surface area (Å²) in [6.45, 7) is 3.63. The smallest absolute Gasteiger partial charge is 0.118 e. The molecule has 2 heterocycles. The van der Waals surface area contributed by atoms with E-state index >= 15 is 0 Å². The van der Waals surface area contributed by atoms with Crippen molar-refractivity contribution in [3.8, 4) is 0 Å². The van der Waals surface area contributed by atoms with Crippen LogP contribution in [0.5, 0.6) is 0 Å². The Balaban J connectivity index is 1.79. The summed E-state index contributed by atoms with van der Waals surface area (Å²) in [5.74, 6) is 1.96. The van der Waals surface area contributed by atoms with E-state index in [1.54, 1.807) is 0 Å². The van der Waals surface area contributed by atoms with Crippen LogP contribution >= 0.6 is 0 Å². The molecule has 0 saturated carbocycles. The second-order valence-corrected chi connectivity index (χ2v) is 5.18. The third kappa shape index (κ3) is 2.73. The minimum atomic E-state index is 0.803. The number of benzene rings is 1. The predicted molar refractivity (Wildman–Crippen MR) is 80.4 cm³/mol. The van der Waals surface area contributed by atoms with Crippen LogP contribution in [-0.4, -0.2) is 16.9 Å². The second-order valence-electron chi connectivity index (χ2n) is 5.18. The summed E-state index contributed by atoms with van der Waals surface area (Å²) in [5, 5.41) is 1.19. The van der Waals surface area contributed by atoms with Crippen molar-refractivity contribution in [2.24, 2.45) is 0 Å². The van der Waals surface area contributed by atoms with Gasteiger partial charge in [0.15, 0.2) is 0 Å². The van der Waals surface area contributed by atoms with E-state index in [4.69, 9.17) is 4.42 Å². The van der Waals surface area contributed by atoms with Gasteiger partial charge in [0.2, 0.25) is 0 Å². The van der Waals surface area contributed by atoms with Gasteiger partial charge in [-0.15, -0.1) is 0 Å². The van der Waals surface area contributed by atoms with Gasteiger partial charge in [-0.05, 0) is 37.7 Å². The zero-order valence-electron chi connectivity index (χ0n) is 11.8. The molecule has 0 fully saturated rings. The van der Waals surface area contributed by atoms with Crippen LogP contribution in [0.4, 0.5) is 0 Å². The fourth-order valence-electron chi connectivity index (χ4n) is 2.48. The maximum absolute atomic E-state index is 5.62. The number of aryl methyl sites for hydroxylation is 1. The Hall–Kier alpha value is -2.13. The molecule has 0 amide bonds. The monoisotopic (exact) mass is 266 g/mol. The first-order chi connectivity index (χ1) is 9.72. The lowest BCUT2D eigenvalue weighted by molar-refractivity contribution is 0.286. The van der Waals surface area contributed by atoms with Crippen molar-refractivity contribution in [2.75, 3.05) is 7.05 Å². The Bertz CT molecular complexity index is 712. The first-order valence-corrected chi connectivity index (χ1v) is 6.79. The highest BCUT2D eigenvalue weighted by Gasteiger charge is 2.07. The predicted octanol–water partition coefficient (Wildman–Crippen LogP) is 3.77.